The molecule has 0 aliphatic heterocycles. The molecule has 5 nitrogen and oxygen atoms in total. The number of hydrogen-bond acceptors (Lipinski definition) is 4. The van der Waals surface area contributed by atoms with Crippen LogP contribution in [-0.4, -0.2) is 24.3 Å². The highest BCUT2D eigenvalue weighted by Crippen LogP contribution is 2.27. The molecule has 3 aromatic rings. The first-order valence-corrected chi connectivity index (χ1v) is 7.67. The van der Waals surface area contributed by atoms with Gasteiger partial charge in [-0.05, 0) is 20.8 Å². The minimum atomic E-state index is -0.150. The Hall–Kier alpha value is -1.40. The van der Waals surface area contributed by atoms with E-state index in [4.69, 9.17) is 11.6 Å². The van der Waals surface area contributed by atoms with Crippen molar-refractivity contribution in [2.24, 2.45) is 7.05 Å². The van der Waals surface area contributed by atoms with Crippen LogP contribution in [-0.2, 0) is 13.6 Å². The molecule has 0 spiro atoms. The molecule has 0 bridgehead atoms. The monoisotopic (exact) mass is 309 g/mol. The van der Waals surface area contributed by atoms with Crippen LogP contribution in [0.1, 0.15) is 33.7 Å². The third-order valence-corrected chi connectivity index (χ3v) is 4.33. The first-order chi connectivity index (χ1) is 9.47. The van der Waals surface area contributed by atoms with Crippen molar-refractivity contribution < 1.29 is 0 Å². The summed E-state index contributed by atoms with van der Waals surface area (Å²) in [7, 11) is 1.93. The molecule has 0 N–H and O–H groups in total. The Morgan fingerprint density at radius 3 is 2.75 bits per heavy atom. The van der Waals surface area contributed by atoms with Gasteiger partial charge in [0, 0.05) is 18.1 Å². The molecule has 0 aromatic carbocycles. The third kappa shape index (κ3) is 2.13. The SMILES string of the molecule is Cc1cnc(Cn2c(C(C)Cl)nc3c(C)nn(C)c32)s1. The molecule has 3 rings (SSSR count). The number of hydrogen-bond donors (Lipinski definition) is 0. The maximum Gasteiger partial charge on any atom is 0.159 e. The number of aryl methyl sites for hydroxylation is 3. The number of thiazole rings is 1. The van der Waals surface area contributed by atoms with E-state index in [9.17, 15) is 0 Å². The van der Waals surface area contributed by atoms with Crippen molar-refractivity contribution in [1.82, 2.24) is 24.3 Å². The smallest absolute Gasteiger partial charge is 0.159 e. The van der Waals surface area contributed by atoms with E-state index in [1.54, 1.807) is 11.3 Å². The van der Waals surface area contributed by atoms with Gasteiger partial charge in [-0.25, -0.2) is 9.97 Å². The predicted molar refractivity (Wildman–Crippen MR) is 81.5 cm³/mol. The van der Waals surface area contributed by atoms with Gasteiger partial charge >= 0.3 is 0 Å². The van der Waals surface area contributed by atoms with Crippen molar-refractivity contribution in [1.29, 1.82) is 0 Å². The Kier molecular flexibility index (Phi) is 3.30. The lowest BCUT2D eigenvalue weighted by Crippen LogP contribution is -2.08. The van der Waals surface area contributed by atoms with Crippen LogP contribution in [0.3, 0.4) is 0 Å². The summed E-state index contributed by atoms with van der Waals surface area (Å²) in [6.45, 7) is 6.65. The summed E-state index contributed by atoms with van der Waals surface area (Å²) >= 11 is 7.98. The van der Waals surface area contributed by atoms with E-state index < -0.39 is 0 Å². The zero-order valence-electron chi connectivity index (χ0n) is 11.9. The van der Waals surface area contributed by atoms with E-state index in [1.807, 2.05) is 31.8 Å². The average molecular weight is 310 g/mol. The quantitative estimate of drug-likeness (QED) is 0.698. The number of alkyl halides is 1. The number of halogens is 1. The largest absolute Gasteiger partial charge is 0.305 e. The maximum absolute atomic E-state index is 6.28. The fourth-order valence-corrected chi connectivity index (χ4v) is 3.36. The molecule has 7 heteroatoms. The van der Waals surface area contributed by atoms with Crippen molar-refractivity contribution >= 4 is 34.1 Å². The van der Waals surface area contributed by atoms with Crippen LogP contribution in [0.15, 0.2) is 6.20 Å². The Morgan fingerprint density at radius 1 is 1.40 bits per heavy atom. The lowest BCUT2D eigenvalue weighted by atomic mass is 10.4. The first kappa shape index (κ1) is 13.6. The van der Waals surface area contributed by atoms with Crippen molar-refractivity contribution in [3.05, 3.63) is 27.6 Å². The minimum absolute atomic E-state index is 0.150. The molecule has 0 saturated carbocycles. The zero-order chi connectivity index (χ0) is 14.4. The maximum atomic E-state index is 6.28. The minimum Gasteiger partial charge on any atom is -0.305 e. The van der Waals surface area contributed by atoms with Gasteiger partial charge in [-0.15, -0.1) is 22.9 Å². The van der Waals surface area contributed by atoms with E-state index >= 15 is 0 Å². The van der Waals surface area contributed by atoms with E-state index in [2.05, 4.69) is 26.6 Å². The number of imidazole rings is 1. The van der Waals surface area contributed by atoms with Gasteiger partial charge in [0.1, 0.15) is 16.3 Å². The van der Waals surface area contributed by atoms with Gasteiger partial charge in [0.2, 0.25) is 0 Å². The summed E-state index contributed by atoms with van der Waals surface area (Å²) in [4.78, 5) is 10.3. The Balaban J connectivity index is 2.18. The van der Waals surface area contributed by atoms with Crippen LogP contribution in [0, 0.1) is 13.8 Å². The molecular weight excluding hydrogens is 294 g/mol. The average Bonchev–Trinajstić information content (AvgIpc) is 3.00. The summed E-state index contributed by atoms with van der Waals surface area (Å²) in [6.07, 6.45) is 1.90. The van der Waals surface area contributed by atoms with Crippen molar-refractivity contribution in [2.75, 3.05) is 0 Å². The van der Waals surface area contributed by atoms with Crippen LogP contribution >= 0.6 is 22.9 Å². The number of rotatable bonds is 3. The van der Waals surface area contributed by atoms with Crippen LogP contribution < -0.4 is 0 Å². The van der Waals surface area contributed by atoms with Crippen molar-refractivity contribution in [3.8, 4) is 0 Å². The van der Waals surface area contributed by atoms with E-state index in [0.29, 0.717) is 6.54 Å². The van der Waals surface area contributed by atoms with Crippen LogP contribution in [0.5, 0.6) is 0 Å². The van der Waals surface area contributed by atoms with Crippen LogP contribution in [0.25, 0.3) is 11.2 Å². The lowest BCUT2D eigenvalue weighted by Gasteiger charge is -2.09. The van der Waals surface area contributed by atoms with Gasteiger partial charge in [-0.2, -0.15) is 5.10 Å². The topological polar surface area (TPSA) is 48.5 Å². The molecule has 1 unspecified atom stereocenters. The molecule has 0 fully saturated rings. The third-order valence-electron chi connectivity index (χ3n) is 3.24. The molecule has 0 saturated heterocycles. The van der Waals surface area contributed by atoms with E-state index in [-0.39, 0.29) is 5.38 Å². The molecule has 0 amide bonds. The van der Waals surface area contributed by atoms with Gasteiger partial charge in [0.25, 0.3) is 0 Å². The van der Waals surface area contributed by atoms with E-state index in [0.717, 1.165) is 27.7 Å². The summed E-state index contributed by atoms with van der Waals surface area (Å²) in [6, 6.07) is 0. The number of aromatic nitrogens is 5. The summed E-state index contributed by atoms with van der Waals surface area (Å²) in [5.41, 5.74) is 2.84. The Morgan fingerprint density at radius 2 is 2.15 bits per heavy atom. The van der Waals surface area contributed by atoms with Gasteiger partial charge in [-0.1, -0.05) is 0 Å². The number of nitrogens with zero attached hydrogens (tertiary/aromatic N) is 5. The molecule has 106 valence electrons. The highest BCUT2D eigenvalue weighted by molar-refractivity contribution is 7.11. The van der Waals surface area contributed by atoms with Gasteiger partial charge in [0.05, 0.1) is 17.6 Å². The van der Waals surface area contributed by atoms with Gasteiger partial charge < -0.3 is 4.57 Å². The Labute approximate surface area is 126 Å². The second-order valence-electron chi connectivity index (χ2n) is 4.92. The van der Waals surface area contributed by atoms with Gasteiger partial charge in [0.15, 0.2) is 5.65 Å². The molecule has 0 aliphatic rings. The molecule has 0 radical (unpaired) electrons. The van der Waals surface area contributed by atoms with E-state index in [1.165, 1.54) is 4.88 Å². The number of fused-ring (bicyclic) bond motifs is 1. The zero-order valence-corrected chi connectivity index (χ0v) is 13.5. The van der Waals surface area contributed by atoms with Crippen LogP contribution in [0.4, 0.5) is 0 Å². The summed E-state index contributed by atoms with van der Waals surface area (Å²) in [5, 5.41) is 5.34. The highest BCUT2D eigenvalue weighted by Gasteiger charge is 2.20. The Bertz CT molecular complexity index is 767. The normalized spacial score (nSPS) is 13.2. The lowest BCUT2D eigenvalue weighted by molar-refractivity contribution is 0.684. The van der Waals surface area contributed by atoms with Crippen LogP contribution in [0.2, 0.25) is 0 Å². The molecule has 3 aromatic heterocycles. The summed E-state index contributed by atoms with van der Waals surface area (Å²) < 4.78 is 3.98. The molecule has 0 aliphatic carbocycles. The second kappa shape index (κ2) is 4.86. The van der Waals surface area contributed by atoms with Gasteiger partial charge in [-0.3, -0.25) is 4.68 Å². The van der Waals surface area contributed by atoms with Crippen molar-refractivity contribution in [2.45, 2.75) is 32.7 Å². The molecule has 1 atom stereocenters. The first-order valence-electron chi connectivity index (χ1n) is 6.42. The fraction of sp³-hybridized carbons (Fsp3) is 0.462. The molecule has 20 heavy (non-hydrogen) atoms. The molecule has 3 heterocycles. The predicted octanol–water partition coefficient (Wildman–Crippen LogP) is 3.19. The highest BCUT2D eigenvalue weighted by atomic mass is 35.5. The molecular formula is C13H16ClN5S. The summed E-state index contributed by atoms with van der Waals surface area (Å²) in [5.74, 6) is 0.866. The standard InChI is InChI=1S/C13H16ClN5S/c1-7-5-15-10(20-7)6-19-12(8(2)14)16-11-9(3)17-18(4)13(11)19/h5,8H,6H2,1-4H3. The fourth-order valence-electron chi connectivity index (χ4n) is 2.42. The second-order valence-corrected chi connectivity index (χ2v) is 6.89. The van der Waals surface area contributed by atoms with Crippen molar-refractivity contribution in [3.63, 3.8) is 0 Å².